The van der Waals surface area contributed by atoms with E-state index in [9.17, 15) is 13.2 Å². The van der Waals surface area contributed by atoms with Gasteiger partial charge < -0.3 is 5.73 Å². The third-order valence-corrected chi connectivity index (χ3v) is 3.42. The van der Waals surface area contributed by atoms with Gasteiger partial charge in [0.1, 0.15) is 5.82 Å². The molecule has 1 aliphatic carbocycles. The molecule has 2 N–H and O–H groups in total. The minimum absolute atomic E-state index is 0.0915. The van der Waals surface area contributed by atoms with Gasteiger partial charge in [-0.15, -0.1) is 0 Å². The Labute approximate surface area is 98.8 Å². The molecular weight excluding hydrogens is 227 g/mol. The van der Waals surface area contributed by atoms with Crippen molar-refractivity contribution < 1.29 is 13.2 Å². The highest BCUT2D eigenvalue weighted by atomic mass is 19.3. The highest BCUT2D eigenvalue weighted by molar-refractivity contribution is 5.33. The van der Waals surface area contributed by atoms with Crippen LogP contribution in [-0.4, -0.2) is 5.54 Å². The molecule has 1 nitrogen and oxygen atoms in total. The topological polar surface area (TPSA) is 26.0 Å². The van der Waals surface area contributed by atoms with Gasteiger partial charge in [0.25, 0.3) is 6.43 Å². The molecule has 17 heavy (non-hydrogen) atoms. The Morgan fingerprint density at radius 1 is 1.35 bits per heavy atom. The number of aryl methyl sites for hydroxylation is 2. The van der Waals surface area contributed by atoms with Gasteiger partial charge in [0.15, 0.2) is 0 Å². The standard InChI is InChI=1S/C13H16F3N/c1-8-6-9(2-3-13(17)4-5-13)7-10(14)11(8)12(15)16/h6-7,12H,2-5,17H2,1H3. The number of halogens is 3. The van der Waals surface area contributed by atoms with Crippen molar-refractivity contribution in [3.8, 4) is 0 Å². The predicted octanol–water partition coefficient (Wildman–Crippen LogP) is 3.50. The normalized spacial score (nSPS) is 17.5. The molecule has 94 valence electrons. The van der Waals surface area contributed by atoms with Gasteiger partial charge in [-0.25, -0.2) is 13.2 Å². The number of hydrogen-bond donors (Lipinski definition) is 1. The maximum atomic E-state index is 13.5. The van der Waals surface area contributed by atoms with Gasteiger partial charge in [0, 0.05) is 5.54 Å². The highest BCUT2D eigenvalue weighted by Gasteiger charge is 2.37. The molecule has 1 aliphatic rings. The molecule has 1 fully saturated rings. The summed E-state index contributed by atoms with van der Waals surface area (Å²) in [6.07, 6.45) is 0.693. The Bertz CT molecular complexity index is 402. The second-order valence-corrected chi connectivity index (χ2v) is 4.97. The predicted molar refractivity (Wildman–Crippen MR) is 60.6 cm³/mol. The summed E-state index contributed by atoms with van der Waals surface area (Å²) < 4.78 is 38.6. The molecule has 0 aromatic heterocycles. The molecule has 0 heterocycles. The maximum Gasteiger partial charge on any atom is 0.266 e. The van der Waals surface area contributed by atoms with Gasteiger partial charge >= 0.3 is 0 Å². The first-order chi connectivity index (χ1) is 7.91. The van der Waals surface area contributed by atoms with Crippen molar-refractivity contribution in [3.63, 3.8) is 0 Å². The summed E-state index contributed by atoms with van der Waals surface area (Å²) in [6, 6.07) is 2.84. The van der Waals surface area contributed by atoms with Crippen LogP contribution in [0.25, 0.3) is 0 Å². The molecule has 1 aromatic carbocycles. The summed E-state index contributed by atoms with van der Waals surface area (Å²) in [5, 5.41) is 0. The maximum absolute atomic E-state index is 13.5. The largest absolute Gasteiger partial charge is 0.325 e. The molecule has 0 atom stereocenters. The second-order valence-electron chi connectivity index (χ2n) is 4.97. The van der Waals surface area contributed by atoms with Crippen molar-refractivity contribution >= 4 is 0 Å². The zero-order valence-electron chi connectivity index (χ0n) is 9.77. The quantitative estimate of drug-likeness (QED) is 0.860. The van der Waals surface area contributed by atoms with Crippen LogP contribution in [-0.2, 0) is 6.42 Å². The Balaban J connectivity index is 2.14. The molecular formula is C13H16F3N. The van der Waals surface area contributed by atoms with E-state index in [2.05, 4.69) is 0 Å². The van der Waals surface area contributed by atoms with Crippen LogP contribution in [0.2, 0.25) is 0 Å². The van der Waals surface area contributed by atoms with Crippen LogP contribution in [0.3, 0.4) is 0 Å². The Kier molecular flexibility index (Phi) is 3.17. The molecule has 1 aromatic rings. The van der Waals surface area contributed by atoms with Crippen LogP contribution >= 0.6 is 0 Å². The third kappa shape index (κ3) is 2.80. The van der Waals surface area contributed by atoms with E-state index in [4.69, 9.17) is 5.73 Å². The molecule has 0 radical (unpaired) electrons. The van der Waals surface area contributed by atoms with Crippen LogP contribution in [0, 0.1) is 12.7 Å². The van der Waals surface area contributed by atoms with E-state index >= 15 is 0 Å². The minimum atomic E-state index is -2.76. The van der Waals surface area contributed by atoms with Gasteiger partial charge in [-0.2, -0.15) is 0 Å². The van der Waals surface area contributed by atoms with Crippen molar-refractivity contribution in [1.82, 2.24) is 0 Å². The highest BCUT2D eigenvalue weighted by Crippen LogP contribution is 2.37. The van der Waals surface area contributed by atoms with Crippen molar-refractivity contribution in [2.75, 3.05) is 0 Å². The molecule has 0 amide bonds. The van der Waals surface area contributed by atoms with Crippen molar-refractivity contribution in [1.29, 1.82) is 0 Å². The van der Waals surface area contributed by atoms with Crippen molar-refractivity contribution in [2.45, 2.75) is 44.6 Å². The zero-order valence-corrected chi connectivity index (χ0v) is 9.77. The number of alkyl halides is 2. The Hall–Kier alpha value is -1.03. The lowest BCUT2D eigenvalue weighted by molar-refractivity contribution is 0.145. The van der Waals surface area contributed by atoms with E-state index in [1.807, 2.05) is 0 Å². The summed E-state index contributed by atoms with van der Waals surface area (Å²) in [6.45, 7) is 1.52. The first kappa shape index (κ1) is 12.4. The molecule has 0 bridgehead atoms. The summed E-state index contributed by atoms with van der Waals surface area (Å²) in [4.78, 5) is 0. The molecule has 0 aliphatic heterocycles. The van der Waals surface area contributed by atoms with Crippen LogP contribution in [0.5, 0.6) is 0 Å². The molecule has 4 heteroatoms. The van der Waals surface area contributed by atoms with Crippen LogP contribution < -0.4 is 5.73 Å². The SMILES string of the molecule is Cc1cc(CCC2(N)CC2)cc(F)c1C(F)F. The molecule has 0 unspecified atom stereocenters. The van der Waals surface area contributed by atoms with Gasteiger partial charge in [-0.1, -0.05) is 6.07 Å². The fourth-order valence-electron chi connectivity index (χ4n) is 2.05. The van der Waals surface area contributed by atoms with E-state index in [1.54, 1.807) is 6.07 Å². The number of hydrogen-bond acceptors (Lipinski definition) is 1. The fourth-order valence-corrected chi connectivity index (χ4v) is 2.05. The van der Waals surface area contributed by atoms with E-state index in [-0.39, 0.29) is 5.54 Å². The fraction of sp³-hybridized carbons (Fsp3) is 0.538. The number of rotatable bonds is 4. The van der Waals surface area contributed by atoms with E-state index < -0.39 is 17.8 Å². The Morgan fingerprint density at radius 3 is 2.47 bits per heavy atom. The van der Waals surface area contributed by atoms with Crippen LogP contribution in [0.15, 0.2) is 12.1 Å². The molecule has 2 rings (SSSR count). The zero-order chi connectivity index (χ0) is 12.6. The van der Waals surface area contributed by atoms with Gasteiger partial charge in [0.05, 0.1) is 5.56 Å². The average molecular weight is 243 g/mol. The number of benzene rings is 1. The summed E-state index contributed by atoms with van der Waals surface area (Å²) >= 11 is 0. The lowest BCUT2D eigenvalue weighted by atomic mass is 9.99. The monoisotopic (exact) mass is 243 g/mol. The lowest BCUT2D eigenvalue weighted by Crippen LogP contribution is -2.22. The van der Waals surface area contributed by atoms with Gasteiger partial charge in [-0.3, -0.25) is 0 Å². The van der Waals surface area contributed by atoms with E-state index in [1.165, 1.54) is 13.0 Å². The molecule has 1 saturated carbocycles. The summed E-state index contributed by atoms with van der Waals surface area (Å²) in [7, 11) is 0. The number of nitrogens with two attached hydrogens (primary N) is 1. The van der Waals surface area contributed by atoms with Crippen molar-refractivity contribution in [3.05, 3.63) is 34.6 Å². The minimum Gasteiger partial charge on any atom is -0.325 e. The van der Waals surface area contributed by atoms with Crippen LogP contribution in [0.1, 0.15) is 42.4 Å². The van der Waals surface area contributed by atoms with Crippen LogP contribution in [0.4, 0.5) is 13.2 Å². The van der Waals surface area contributed by atoms with Crippen molar-refractivity contribution in [2.24, 2.45) is 5.73 Å². The molecule has 0 saturated heterocycles. The molecule has 0 spiro atoms. The lowest BCUT2D eigenvalue weighted by Gasteiger charge is -2.11. The average Bonchev–Trinajstić information content (AvgIpc) is 2.93. The summed E-state index contributed by atoms with van der Waals surface area (Å²) in [5.41, 5.74) is 6.43. The van der Waals surface area contributed by atoms with E-state index in [0.29, 0.717) is 12.0 Å². The smallest absolute Gasteiger partial charge is 0.266 e. The summed E-state index contributed by atoms with van der Waals surface area (Å²) in [5.74, 6) is -0.808. The van der Waals surface area contributed by atoms with E-state index in [0.717, 1.165) is 24.8 Å². The second kappa shape index (κ2) is 4.33. The van der Waals surface area contributed by atoms with Gasteiger partial charge in [0.2, 0.25) is 0 Å². The first-order valence-electron chi connectivity index (χ1n) is 5.77. The Morgan fingerprint density at radius 2 is 2.00 bits per heavy atom. The first-order valence-corrected chi connectivity index (χ1v) is 5.77. The van der Waals surface area contributed by atoms with Gasteiger partial charge in [-0.05, 0) is 49.8 Å². The third-order valence-electron chi connectivity index (χ3n) is 3.42.